The van der Waals surface area contributed by atoms with Crippen LogP contribution >= 0.6 is 15.9 Å². The number of nitrogens with two attached hydrogens (primary N) is 1. The van der Waals surface area contributed by atoms with Crippen LogP contribution in [0.3, 0.4) is 0 Å². The SMILES string of the molecule is CC(C)c1c(C(C)(C)O)nc(N)c2ccc(Br)cc12. The van der Waals surface area contributed by atoms with Gasteiger partial charge in [-0.25, -0.2) is 4.98 Å². The van der Waals surface area contributed by atoms with E-state index < -0.39 is 5.60 Å². The summed E-state index contributed by atoms with van der Waals surface area (Å²) in [6.07, 6.45) is 0. The average Bonchev–Trinajstić information content (AvgIpc) is 2.26. The molecule has 0 radical (unpaired) electrons. The smallest absolute Gasteiger partial charge is 0.131 e. The number of nitrogen functional groups attached to an aromatic ring is 1. The highest BCUT2D eigenvalue weighted by atomic mass is 79.9. The van der Waals surface area contributed by atoms with Crippen LogP contribution in [-0.2, 0) is 5.60 Å². The molecule has 0 amide bonds. The number of nitrogens with zero attached hydrogens (tertiary/aromatic N) is 1. The van der Waals surface area contributed by atoms with E-state index in [-0.39, 0.29) is 5.92 Å². The second-order valence-electron chi connectivity index (χ2n) is 5.66. The lowest BCUT2D eigenvalue weighted by Crippen LogP contribution is -2.22. The van der Waals surface area contributed by atoms with Crippen molar-refractivity contribution in [2.75, 3.05) is 5.73 Å². The Kier molecular flexibility index (Phi) is 3.58. The standard InChI is InChI=1S/C15H19BrN2O/c1-8(2)12-11-7-9(16)5-6-10(11)14(17)18-13(12)15(3,4)19/h5-8,19H,1-4H3,(H2,17,18). The summed E-state index contributed by atoms with van der Waals surface area (Å²) in [4.78, 5) is 4.44. The van der Waals surface area contributed by atoms with E-state index in [2.05, 4.69) is 34.8 Å². The first kappa shape index (κ1) is 14.3. The van der Waals surface area contributed by atoms with Gasteiger partial charge in [-0.05, 0) is 48.9 Å². The predicted octanol–water partition coefficient (Wildman–Crippen LogP) is 3.93. The van der Waals surface area contributed by atoms with Gasteiger partial charge in [0.25, 0.3) is 0 Å². The minimum Gasteiger partial charge on any atom is -0.384 e. The van der Waals surface area contributed by atoms with Crippen molar-refractivity contribution < 1.29 is 5.11 Å². The maximum Gasteiger partial charge on any atom is 0.131 e. The Morgan fingerprint density at radius 3 is 2.42 bits per heavy atom. The number of hydrogen-bond acceptors (Lipinski definition) is 3. The Morgan fingerprint density at radius 2 is 1.89 bits per heavy atom. The molecule has 0 fully saturated rings. The van der Waals surface area contributed by atoms with E-state index in [1.165, 1.54) is 0 Å². The van der Waals surface area contributed by atoms with Crippen molar-refractivity contribution in [3.63, 3.8) is 0 Å². The number of aliphatic hydroxyl groups is 1. The highest BCUT2D eigenvalue weighted by Crippen LogP contribution is 2.36. The van der Waals surface area contributed by atoms with E-state index in [4.69, 9.17) is 5.73 Å². The third-order valence-electron chi connectivity index (χ3n) is 3.19. The van der Waals surface area contributed by atoms with Crippen molar-refractivity contribution in [1.29, 1.82) is 0 Å². The van der Waals surface area contributed by atoms with Gasteiger partial charge in [-0.1, -0.05) is 29.8 Å². The summed E-state index contributed by atoms with van der Waals surface area (Å²) in [5, 5.41) is 12.3. The lowest BCUT2D eigenvalue weighted by Gasteiger charge is -2.24. The van der Waals surface area contributed by atoms with Crippen LogP contribution in [0, 0.1) is 0 Å². The number of anilines is 1. The van der Waals surface area contributed by atoms with Crippen LogP contribution in [0.15, 0.2) is 22.7 Å². The van der Waals surface area contributed by atoms with Crippen molar-refractivity contribution in [1.82, 2.24) is 4.98 Å². The molecule has 1 aromatic heterocycles. The van der Waals surface area contributed by atoms with Crippen molar-refractivity contribution in [3.05, 3.63) is 33.9 Å². The molecule has 1 heterocycles. The van der Waals surface area contributed by atoms with E-state index >= 15 is 0 Å². The van der Waals surface area contributed by atoms with Crippen LogP contribution in [0.1, 0.15) is 44.9 Å². The van der Waals surface area contributed by atoms with Crippen LogP contribution < -0.4 is 5.73 Å². The van der Waals surface area contributed by atoms with Gasteiger partial charge in [-0.3, -0.25) is 0 Å². The summed E-state index contributed by atoms with van der Waals surface area (Å²) in [6, 6.07) is 5.95. The minimum absolute atomic E-state index is 0.256. The molecule has 3 nitrogen and oxygen atoms in total. The molecule has 0 aliphatic heterocycles. The molecular formula is C15H19BrN2O. The van der Waals surface area contributed by atoms with E-state index in [9.17, 15) is 5.11 Å². The number of benzene rings is 1. The molecule has 1 aromatic carbocycles. The average molecular weight is 323 g/mol. The highest BCUT2D eigenvalue weighted by Gasteiger charge is 2.26. The Labute approximate surface area is 122 Å². The normalized spacial score (nSPS) is 12.4. The zero-order chi connectivity index (χ0) is 14.4. The fourth-order valence-electron chi connectivity index (χ4n) is 2.38. The third-order valence-corrected chi connectivity index (χ3v) is 3.69. The Balaban J connectivity index is 2.95. The predicted molar refractivity (Wildman–Crippen MR) is 83.2 cm³/mol. The largest absolute Gasteiger partial charge is 0.384 e. The monoisotopic (exact) mass is 322 g/mol. The molecule has 0 atom stereocenters. The number of hydrogen-bond donors (Lipinski definition) is 2. The number of halogens is 1. The van der Waals surface area contributed by atoms with Gasteiger partial charge < -0.3 is 10.8 Å². The van der Waals surface area contributed by atoms with Crippen LogP contribution in [0.5, 0.6) is 0 Å². The zero-order valence-electron chi connectivity index (χ0n) is 11.7. The van der Waals surface area contributed by atoms with Crippen LogP contribution in [0.2, 0.25) is 0 Å². The van der Waals surface area contributed by atoms with Gasteiger partial charge in [-0.2, -0.15) is 0 Å². The molecule has 0 unspecified atom stereocenters. The molecule has 2 aromatic rings. The Morgan fingerprint density at radius 1 is 1.26 bits per heavy atom. The van der Waals surface area contributed by atoms with Gasteiger partial charge >= 0.3 is 0 Å². The van der Waals surface area contributed by atoms with Crippen LogP contribution in [0.25, 0.3) is 10.8 Å². The van der Waals surface area contributed by atoms with Gasteiger partial charge in [0.1, 0.15) is 11.4 Å². The summed E-state index contributed by atoms with van der Waals surface area (Å²) in [7, 11) is 0. The quantitative estimate of drug-likeness (QED) is 0.880. The zero-order valence-corrected chi connectivity index (χ0v) is 13.2. The lowest BCUT2D eigenvalue weighted by atomic mass is 9.88. The van der Waals surface area contributed by atoms with Crippen LogP contribution in [-0.4, -0.2) is 10.1 Å². The van der Waals surface area contributed by atoms with Crippen molar-refractivity contribution in [3.8, 4) is 0 Å². The van der Waals surface area contributed by atoms with Gasteiger partial charge in [0, 0.05) is 9.86 Å². The molecule has 0 saturated carbocycles. The molecule has 0 aliphatic rings. The Bertz CT molecular complexity index is 630. The molecule has 3 N–H and O–H groups in total. The molecule has 2 rings (SSSR count). The van der Waals surface area contributed by atoms with E-state index in [0.29, 0.717) is 11.5 Å². The molecule has 19 heavy (non-hydrogen) atoms. The lowest BCUT2D eigenvalue weighted by molar-refractivity contribution is 0.0729. The van der Waals surface area contributed by atoms with E-state index in [1.807, 2.05) is 18.2 Å². The third kappa shape index (κ3) is 2.60. The number of aromatic nitrogens is 1. The van der Waals surface area contributed by atoms with Gasteiger partial charge in [0.05, 0.1) is 5.69 Å². The number of fused-ring (bicyclic) bond motifs is 1. The van der Waals surface area contributed by atoms with Gasteiger partial charge in [0.2, 0.25) is 0 Å². The topological polar surface area (TPSA) is 59.1 Å². The van der Waals surface area contributed by atoms with Crippen molar-refractivity contribution in [2.45, 2.75) is 39.2 Å². The van der Waals surface area contributed by atoms with Crippen LogP contribution in [0.4, 0.5) is 5.82 Å². The highest BCUT2D eigenvalue weighted by molar-refractivity contribution is 9.10. The minimum atomic E-state index is -1.01. The number of rotatable bonds is 2. The molecule has 0 aliphatic carbocycles. The van der Waals surface area contributed by atoms with E-state index in [0.717, 1.165) is 20.8 Å². The first-order valence-electron chi connectivity index (χ1n) is 6.33. The van der Waals surface area contributed by atoms with Gasteiger partial charge in [-0.15, -0.1) is 0 Å². The Hall–Kier alpha value is -1.13. The molecule has 4 heteroatoms. The second kappa shape index (κ2) is 4.76. The second-order valence-corrected chi connectivity index (χ2v) is 6.58. The summed E-state index contributed by atoms with van der Waals surface area (Å²) < 4.78 is 0.995. The summed E-state index contributed by atoms with van der Waals surface area (Å²) in [6.45, 7) is 7.68. The summed E-state index contributed by atoms with van der Waals surface area (Å²) >= 11 is 3.49. The molecule has 0 bridgehead atoms. The molecular weight excluding hydrogens is 304 g/mol. The van der Waals surface area contributed by atoms with Crippen molar-refractivity contribution >= 4 is 32.5 Å². The first-order valence-corrected chi connectivity index (χ1v) is 7.12. The van der Waals surface area contributed by atoms with E-state index in [1.54, 1.807) is 13.8 Å². The fraction of sp³-hybridized carbons (Fsp3) is 0.400. The molecule has 0 saturated heterocycles. The summed E-state index contributed by atoms with van der Waals surface area (Å²) in [5.74, 6) is 0.718. The molecule has 0 spiro atoms. The number of pyridine rings is 1. The van der Waals surface area contributed by atoms with Gasteiger partial charge in [0.15, 0.2) is 0 Å². The van der Waals surface area contributed by atoms with Crippen molar-refractivity contribution in [2.24, 2.45) is 0 Å². The molecule has 102 valence electrons. The first-order chi connectivity index (χ1) is 8.71. The summed E-state index contributed by atoms with van der Waals surface area (Å²) in [5.41, 5.74) is 6.74. The maximum absolute atomic E-state index is 10.3. The maximum atomic E-state index is 10.3. The fourth-order valence-corrected chi connectivity index (χ4v) is 2.74.